The van der Waals surface area contributed by atoms with Crippen molar-refractivity contribution in [1.82, 2.24) is 0 Å². The maximum Gasteiger partial charge on any atom is 0.332 e. The second kappa shape index (κ2) is 5.33. The van der Waals surface area contributed by atoms with E-state index in [2.05, 4.69) is 5.16 Å². The third-order valence-electron chi connectivity index (χ3n) is 3.05. The van der Waals surface area contributed by atoms with E-state index in [4.69, 9.17) is 9.25 Å². The summed E-state index contributed by atoms with van der Waals surface area (Å²) in [6.07, 6.45) is 1.12. The van der Waals surface area contributed by atoms with Gasteiger partial charge in [-0.15, -0.1) is 0 Å². The average molecular weight is 309 g/mol. The van der Waals surface area contributed by atoms with Crippen molar-refractivity contribution in [3.8, 4) is 0 Å². The first kappa shape index (κ1) is 15.2. The number of aryl methyl sites for hydroxylation is 1. The molecule has 0 saturated carbocycles. The summed E-state index contributed by atoms with van der Waals surface area (Å²) in [5.74, 6) is 0.0563. The van der Waals surface area contributed by atoms with Crippen molar-refractivity contribution >= 4 is 26.8 Å². The fourth-order valence-electron chi connectivity index (χ4n) is 1.85. The van der Waals surface area contributed by atoms with Crippen molar-refractivity contribution < 1.29 is 22.5 Å². The predicted molar refractivity (Wildman–Crippen MR) is 76.1 cm³/mol. The highest BCUT2D eigenvalue weighted by Gasteiger charge is 2.12. The number of benzene rings is 1. The fraction of sp³-hybridized carbons (Fsp3) is 0.286. The number of fused-ring (bicyclic) bond motifs is 1. The molecule has 1 aromatic carbocycles. The molecule has 0 N–H and O–H groups in total. The minimum atomic E-state index is -3.36. The lowest BCUT2D eigenvalue weighted by molar-refractivity contribution is -0.141. The van der Waals surface area contributed by atoms with E-state index >= 15 is 0 Å². The number of sulfone groups is 1. The van der Waals surface area contributed by atoms with Crippen LogP contribution in [0.5, 0.6) is 0 Å². The van der Waals surface area contributed by atoms with Crippen LogP contribution in [0.25, 0.3) is 11.0 Å². The summed E-state index contributed by atoms with van der Waals surface area (Å²) in [6.45, 7) is 4.75. The van der Waals surface area contributed by atoms with Crippen molar-refractivity contribution in [3.63, 3.8) is 0 Å². The number of nitrogens with zero attached hydrogens (tertiary/aromatic N) is 1. The molecule has 21 heavy (non-hydrogen) atoms. The van der Waals surface area contributed by atoms with Gasteiger partial charge in [0.15, 0.2) is 9.84 Å². The van der Waals surface area contributed by atoms with Gasteiger partial charge in [-0.05, 0) is 32.0 Å². The topological polar surface area (TPSA) is 85.9 Å². The van der Waals surface area contributed by atoms with Crippen molar-refractivity contribution in [2.45, 2.75) is 25.7 Å². The predicted octanol–water partition coefficient (Wildman–Crippen LogP) is 1.83. The molecule has 0 saturated heterocycles. The van der Waals surface area contributed by atoms with Gasteiger partial charge in [-0.2, -0.15) is 0 Å². The maximum atomic E-state index is 11.7. The van der Waals surface area contributed by atoms with E-state index in [1.165, 1.54) is 19.1 Å². The molecule has 0 aliphatic carbocycles. The second-order valence-electron chi connectivity index (χ2n) is 4.74. The summed E-state index contributed by atoms with van der Waals surface area (Å²) in [5, 5.41) is 4.67. The van der Waals surface area contributed by atoms with E-state index < -0.39 is 15.8 Å². The van der Waals surface area contributed by atoms with Crippen LogP contribution in [0.2, 0.25) is 0 Å². The Morgan fingerprint density at radius 2 is 1.95 bits per heavy atom. The SMILES string of the molecule is CC(=O)O/N=c1/c(C)c(C)oc2ccc(S(C)(=O)=O)cc12. The van der Waals surface area contributed by atoms with Crippen LogP contribution in [0.4, 0.5) is 0 Å². The highest BCUT2D eigenvalue weighted by molar-refractivity contribution is 7.90. The lowest BCUT2D eigenvalue weighted by Gasteiger charge is -2.06. The van der Waals surface area contributed by atoms with Crippen LogP contribution in [0.1, 0.15) is 18.2 Å². The monoisotopic (exact) mass is 309 g/mol. The van der Waals surface area contributed by atoms with Crippen molar-refractivity contribution in [2.75, 3.05) is 6.26 Å². The van der Waals surface area contributed by atoms with E-state index in [0.29, 0.717) is 27.7 Å². The van der Waals surface area contributed by atoms with Crippen LogP contribution in [0.15, 0.2) is 32.7 Å². The van der Waals surface area contributed by atoms with Crippen LogP contribution < -0.4 is 5.36 Å². The Morgan fingerprint density at radius 1 is 1.29 bits per heavy atom. The molecule has 1 aromatic heterocycles. The molecule has 2 aromatic rings. The first-order chi connectivity index (χ1) is 9.70. The highest BCUT2D eigenvalue weighted by Crippen LogP contribution is 2.19. The van der Waals surface area contributed by atoms with Gasteiger partial charge in [0.05, 0.1) is 4.90 Å². The first-order valence-corrected chi connectivity index (χ1v) is 8.05. The molecule has 112 valence electrons. The standard InChI is InChI=1S/C14H15NO5S/c1-8-9(2)19-13-6-5-11(21(4,17)18)7-12(13)14(8)15-20-10(3)16/h5-7H,1-4H3/b15-14-. The lowest BCUT2D eigenvalue weighted by atomic mass is 10.1. The zero-order valence-corrected chi connectivity index (χ0v) is 12.9. The van der Waals surface area contributed by atoms with Crippen molar-refractivity contribution in [1.29, 1.82) is 0 Å². The second-order valence-corrected chi connectivity index (χ2v) is 6.75. The molecule has 0 aliphatic heterocycles. The Hall–Kier alpha value is -2.15. The smallest absolute Gasteiger partial charge is 0.332 e. The third kappa shape index (κ3) is 3.13. The molecule has 0 radical (unpaired) electrons. The van der Waals surface area contributed by atoms with Gasteiger partial charge in [0.1, 0.15) is 16.7 Å². The van der Waals surface area contributed by atoms with E-state index in [1.54, 1.807) is 19.9 Å². The van der Waals surface area contributed by atoms with E-state index in [9.17, 15) is 13.2 Å². The average Bonchev–Trinajstić information content (AvgIpc) is 2.37. The zero-order valence-electron chi connectivity index (χ0n) is 12.1. The van der Waals surface area contributed by atoms with Gasteiger partial charge >= 0.3 is 5.97 Å². The molecule has 0 aliphatic rings. The molecular formula is C14H15NO5S. The molecule has 0 spiro atoms. The van der Waals surface area contributed by atoms with Gasteiger partial charge in [0.2, 0.25) is 0 Å². The number of carbonyl (C=O) groups excluding carboxylic acids is 1. The summed E-state index contributed by atoms with van der Waals surface area (Å²) in [7, 11) is -3.36. The molecule has 2 rings (SSSR count). The molecule has 0 amide bonds. The van der Waals surface area contributed by atoms with Crippen molar-refractivity contribution in [3.05, 3.63) is 34.9 Å². The van der Waals surface area contributed by atoms with E-state index in [0.717, 1.165) is 6.26 Å². The molecular weight excluding hydrogens is 294 g/mol. The molecule has 0 fully saturated rings. The molecule has 6 nitrogen and oxygen atoms in total. The van der Waals surface area contributed by atoms with E-state index in [1.807, 2.05) is 0 Å². The Labute approximate surface area is 121 Å². The summed E-state index contributed by atoms with van der Waals surface area (Å²) >= 11 is 0. The molecule has 1 heterocycles. The molecule has 0 bridgehead atoms. The Morgan fingerprint density at radius 3 is 2.52 bits per heavy atom. The van der Waals surface area contributed by atoms with Crippen LogP contribution in [-0.2, 0) is 19.5 Å². The zero-order chi connectivity index (χ0) is 15.8. The Kier molecular flexibility index (Phi) is 3.87. The Bertz CT molecular complexity index is 893. The minimum absolute atomic E-state index is 0.146. The quantitative estimate of drug-likeness (QED) is 0.624. The fourth-order valence-corrected chi connectivity index (χ4v) is 2.50. The van der Waals surface area contributed by atoms with Crippen LogP contribution in [0, 0.1) is 13.8 Å². The third-order valence-corrected chi connectivity index (χ3v) is 4.16. The number of hydrogen-bond acceptors (Lipinski definition) is 6. The largest absolute Gasteiger partial charge is 0.461 e. The van der Waals surface area contributed by atoms with Gasteiger partial charge in [0.25, 0.3) is 0 Å². The minimum Gasteiger partial charge on any atom is -0.461 e. The lowest BCUT2D eigenvalue weighted by Crippen LogP contribution is -2.12. The van der Waals surface area contributed by atoms with E-state index in [-0.39, 0.29) is 4.90 Å². The van der Waals surface area contributed by atoms with Crippen LogP contribution >= 0.6 is 0 Å². The summed E-state index contributed by atoms with van der Waals surface area (Å²) in [5.41, 5.74) is 1.14. The maximum absolute atomic E-state index is 11.7. The van der Waals surface area contributed by atoms with Gasteiger partial charge < -0.3 is 9.25 Å². The summed E-state index contributed by atoms with van der Waals surface area (Å²) in [4.78, 5) is 15.8. The first-order valence-electron chi connectivity index (χ1n) is 6.16. The molecule has 0 unspecified atom stereocenters. The molecule has 7 heteroatoms. The van der Waals surface area contributed by atoms with Gasteiger partial charge in [-0.1, -0.05) is 5.16 Å². The summed E-state index contributed by atoms with van der Waals surface area (Å²) in [6, 6.07) is 4.49. The highest BCUT2D eigenvalue weighted by atomic mass is 32.2. The summed E-state index contributed by atoms with van der Waals surface area (Å²) < 4.78 is 28.9. The van der Waals surface area contributed by atoms with Gasteiger partial charge in [-0.3, -0.25) is 0 Å². The molecule has 0 atom stereocenters. The number of rotatable bonds is 2. The van der Waals surface area contributed by atoms with Gasteiger partial charge in [0, 0.05) is 24.1 Å². The van der Waals surface area contributed by atoms with Crippen LogP contribution in [0.3, 0.4) is 0 Å². The Balaban J connectivity index is 2.88. The normalized spacial score (nSPS) is 12.7. The van der Waals surface area contributed by atoms with Crippen LogP contribution in [-0.4, -0.2) is 20.6 Å². The van der Waals surface area contributed by atoms with Gasteiger partial charge in [-0.25, -0.2) is 13.2 Å². The number of carbonyl (C=O) groups is 1. The van der Waals surface area contributed by atoms with Crippen molar-refractivity contribution in [2.24, 2.45) is 5.16 Å². The number of hydrogen-bond donors (Lipinski definition) is 0.